The zero-order valence-corrected chi connectivity index (χ0v) is 10.5. The number of nitrogens with two attached hydrogens (primary N) is 1. The van der Waals surface area contributed by atoms with Crippen molar-refractivity contribution in [2.24, 2.45) is 11.7 Å². The van der Waals surface area contributed by atoms with Crippen molar-refractivity contribution in [1.29, 1.82) is 0 Å². The van der Waals surface area contributed by atoms with Crippen LogP contribution < -0.4 is 5.73 Å². The lowest BCUT2D eigenvalue weighted by Gasteiger charge is -2.42. The molecule has 0 radical (unpaired) electrons. The highest BCUT2D eigenvalue weighted by molar-refractivity contribution is 4.86. The van der Waals surface area contributed by atoms with Crippen LogP contribution in [0.2, 0.25) is 0 Å². The Kier molecular flexibility index (Phi) is 4.62. The maximum absolute atomic E-state index is 5.90. The number of hydrogen-bond donors (Lipinski definition) is 1. The summed E-state index contributed by atoms with van der Waals surface area (Å²) in [5.74, 6) is 0.709. The summed E-state index contributed by atoms with van der Waals surface area (Å²) in [6.07, 6.45) is 7.90. The molecule has 1 saturated carbocycles. The van der Waals surface area contributed by atoms with Gasteiger partial charge in [-0.3, -0.25) is 4.90 Å². The summed E-state index contributed by atoms with van der Waals surface area (Å²) in [6.45, 7) is 2.72. The largest absolute Gasteiger partial charge is 0.380 e. The van der Waals surface area contributed by atoms with E-state index in [1.807, 2.05) is 0 Å². The van der Waals surface area contributed by atoms with Crippen LogP contribution in [0.5, 0.6) is 0 Å². The van der Waals surface area contributed by atoms with E-state index < -0.39 is 0 Å². The predicted molar refractivity (Wildman–Crippen MR) is 66.4 cm³/mol. The summed E-state index contributed by atoms with van der Waals surface area (Å²) >= 11 is 0. The lowest BCUT2D eigenvalue weighted by molar-refractivity contribution is -0.00606. The van der Waals surface area contributed by atoms with E-state index >= 15 is 0 Å². The SMILES string of the molecule is CN(C1CCCOC1)C1CCCCC1CN. The Morgan fingerprint density at radius 3 is 2.69 bits per heavy atom. The van der Waals surface area contributed by atoms with E-state index in [2.05, 4.69) is 11.9 Å². The molecule has 3 atom stereocenters. The van der Waals surface area contributed by atoms with Crippen molar-refractivity contribution in [1.82, 2.24) is 4.90 Å². The monoisotopic (exact) mass is 226 g/mol. The third-order valence-corrected chi connectivity index (χ3v) is 4.41. The number of nitrogens with zero attached hydrogens (tertiary/aromatic N) is 1. The Morgan fingerprint density at radius 1 is 1.19 bits per heavy atom. The Bertz CT molecular complexity index is 204. The van der Waals surface area contributed by atoms with Crippen LogP contribution in [-0.2, 0) is 4.74 Å². The summed E-state index contributed by atoms with van der Waals surface area (Å²) in [5, 5.41) is 0. The van der Waals surface area contributed by atoms with Crippen LogP contribution in [0.4, 0.5) is 0 Å². The van der Waals surface area contributed by atoms with Gasteiger partial charge in [-0.25, -0.2) is 0 Å². The van der Waals surface area contributed by atoms with E-state index in [-0.39, 0.29) is 0 Å². The molecule has 0 bridgehead atoms. The van der Waals surface area contributed by atoms with Gasteiger partial charge in [-0.1, -0.05) is 12.8 Å². The van der Waals surface area contributed by atoms with Crippen molar-refractivity contribution in [3.63, 3.8) is 0 Å². The third-order valence-electron chi connectivity index (χ3n) is 4.41. The lowest BCUT2D eigenvalue weighted by atomic mass is 9.83. The molecule has 16 heavy (non-hydrogen) atoms. The minimum Gasteiger partial charge on any atom is -0.380 e. The standard InChI is InChI=1S/C13H26N2O/c1-15(12-6-4-8-16-10-12)13-7-3-2-5-11(13)9-14/h11-13H,2-10,14H2,1H3. The summed E-state index contributed by atoms with van der Waals surface area (Å²) in [4.78, 5) is 2.57. The second-order valence-electron chi connectivity index (χ2n) is 5.38. The van der Waals surface area contributed by atoms with Crippen molar-refractivity contribution in [2.45, 2.75) is 50.6 Å². The normalized spacial score (nSPS) is 36.6. The minimum absolute atomic E-state index is 0.630. The van der Waals surface area contributed by atoms with Crippen LogP contribution in [0.25, 0.3) is 0 Å². The zero-order valence-electron chi connectivity index (χ0n) is 10.5. The molecule has 0 aromatic heterocycles. The van der Waals surface area contributed by atoms with Crippen LogP contribution in [0, 0.1) is 5.92 Å². The van der Waals surface area contributed by atoms with Crippen LogP contribution in [0.3, 0.4) is 0 Å². The van der Waals surface area contributed by atoms with Crippen LogP contribution in [-0.4, -0.2) is 43.8 Å². The van der Waals surface area contributed by atoms with Gasteiger partial charge in [-0.15, -0.1) is 0 Å². The fourth-order valence-corrected chi connectivity index (χ4v) is 3.31. The molecule has 1 heterocycles. The lowest BCUT2D eigenvalue weighted by Crippen LogP contribution is -2.50. The second kappa shape index (κ2) is 5.99. The second-order valence-corrected chi connectivity index (χ2v) is 5.38. The first-order valence-electron chi connectivity index (χ1n) is 6.82. The highest BCUT2D eigenvalue weighted by Crippen LogP contribution is 2.29. The molecular weight excluding hydrogens is 200 g/mol. The topological polar surface area (TPSA) is 38.5 Å². The van der Waals surface area contributed by atoms with Gasteiger partial charge in [0.1, 0.15) is 0 Å². The summed E-state index contributed by atoms with van der Waals surface area (Å²) in [5.41, 5.74) is 5.90. The first-order chi connectivity index (χ1) is 7.83. The Hall–Kier alpha value is -0.120. The number of likely N-dealkylation sites (N-methyl/N-ethyl adjacent to an activating group) is 1. The van der Waals surface area contributed by atoms with Gasteiger partial charge in [0.2, 0.25) is 0 Å². The number of ether oxygens (including phenoxy) is 1. The summed E-state index contributed by atoms with van der Waals surface area (Å²) in [7, 11) is 2.28. The van der Waals surface area contributed by atoms with Crippen molar-refractivity contribution >= 4 is 0 Å². The fraction of sp³-hybridized carbons (Fsp3) is 1.00. The van der Waals surface area contributed by atoms with E-state index in [0.717, 1.165) is 19.8 Å². The van der Waals surface area contributed by atoms with E-state index in [0.29, 0.717) is 18.0 Å². The summed E-state index contributed by atoms with van der Waals surface area (Å²) in [6, 6.07) is 1.33. The highest BCUT2D eigenvalue weighted by Gasteiger charge is 2.31. The summed E-state index contributed by atoms with van der Waals surface area (Å²) < 4.78 is 5.59. The average molecular weight is 226 g/mol. The van der Waals surface area contributed by atoms with Gasteiger partial charge < -0.3 is 10.5 Å². The molecule has 2 N–H and O–H groups in total. The Morgan fingerprint density at radius 2 is 2.00 bits per heavy atom. The van der Waals surface area contributed by atoms with Gasteiger partial charge >= 0.3 is 0 Å². The molecule has 2 rings (SSSR count). The smallest absolute Gasteiger partial charge is 0.0621 e. The molecule has 0 aromatic rings. The van der Waals surface area contributed by atoms with Crippen molar-refractivity contribution in [2.75, 3.05) is 26.8 Å². The molecule has 94 valence electrons. The molecule has 1 aliphatic carbocycles. The van der Waals surface area contributed by atoms with Crippen LogP contribution in [0.15, 0.2) is 0 Å². The molecule has 3 nitrogen and oxygen atoms in total. The molecule has 0 spiro atoms. The molecule has 3 unspecified atom stereocenters. The van der Waals surface area contributed by atoms with E-state index in [1.165, 1.54) is 38.5 Å². The van der Waals surface area contributed by atoms with Gasteiger partial charge in [0, 0.05) is 18.7 Å². The molecule has 2 fully saturated rings. The van der Waals surface area contributed by atoms with Crippen LogP contribution >= 0.6 is 0 Å². The number of hydrogen-bond acceptors (Lipinski definition) is 3. The predicted octanol–water partition coefficient (Wildman–Crippen LogP) is 1.61. The van der Waals surface area contributed by atoms with Gasteiger partial charge in [-0.2, -0.15) is 0 Å². The molecular formula is C13H26N2O. The molecule has 1 aliphatic heterocycles. The van der Waals surface area contributed by atoms with Crippen molar-refractivity contribution in [3.8, 4) is 0 Å². The van der Waals surface area contributed by atoms with Crippen LogP contribution in [0.1, 0.15) is 38.5 Å². The van der Waals surface area contributed by atoms with Crippen molar-refractivity contribution in [3.05, 3.63) is 0 Å². The molecule has 2 aliphatic rings. The first-order valence-corrected chi connectivity index (χ1v) is 6.82. The van der Waals surface area contributed by atoms with E-state index in [9.17, 15) is 0 Å². The Balaban J connectivity index is 1.92. The van der Waals surface area contributed by atoms with Gasteiger partial charge in [0.25, 0.3) is 0 Å². The third kappa shape index (κ3) is 2.76. The minimum atomic E-state index is 0.630. The first kappa shape index (κ1) is 12.3. The molecule has 3 heteroatoms. The van der Waals surface area contributed by atoms with E-state index in [1.54, 1.807) is 0 Å². The number of rotatable bonds is 3. The quantitative estimate of drug-likeness (QED) is 0.794. The van der Waals surface area contributed by atoms with Crippen molar-refractivity contribution < 1.29 is 4.74 Å². The van der Waals surface area contributed by atoms with Gasteiger partial charge in [0.05, 0.1) is 6.61 Å². The maximum atomic E-state index is 5.90. The van der Waals surface area contributed by atoms with E-state index in [4.69, 9.17) is 10.5 Å². The Labute approximate surface area is 99.3 Å². The highest BCUT2D eigenvalue weighted by atomic mass is 16.5. The fourth-order valence-electron chi connectivity index (χ4n) is 3.31. The maximum Gasteiger partial charge on any atom is 0.0621 e. The zero-order chi connectivity index (χ0) is 11.4. The molecule has 0 aromatic carbocycles. The average Bonchev–Trinajstić information content (AvgIpc) is 2.39. The molecule has 0 amide bonds. The van der Waals surface area contributed by atoms with Gasteiger partial charge in [0.15, 0.2) is 0 Å². The molecule has 1 saturated heterocycles. The van der Waals surface area contributed by atoms with Gasteiger partial charge in [-0.05, 0) is 45.2 Å².